The van der Waals surface area contributed by atoms with Crippen molar-refractivity contribution in [1.82, 2.24) is 4.98 Å². The lowest BCUT2D eigenvalue weighted by atomic mass is 9.59. The second-order valence-electron chi connectivity index (χ2n) is 8.35. The van der Waals surface area contributed by atoms with Crippen molar-refractivity contribution in [3.63, 3.8) is 0 Å². The minimum Gasteiger partial charge on any atom is -0.294 e. The van der Waals surface area contributed by atoms with Crippen molar-refractivity contribution in [2.45, 2.75) is 58.8 Å². The van der Waals surface area contributed by atoms with Gasteiger partial charge in [-0.1, -0.05) is 56.2 Å². The topological polar surface area (TPSA) is 30.0 Å². The van der Waals surface area contributed by atoms with E-state index in [2.05, 4.69) is 56.9 Å². The van der Waals surface area contributed by atoms with Crippen LogP contribution < -0.4 is 0 Å². The molecule has 1 unspecified atom stereocenters. The molecule has 2 nitrogen and oxygen atoms in total. The molecule has 0 saturated carbocycles. The molecule has 0 amide bonds. The van der Waals surface area contributed by atoms with Gasteiger partial charge >= 0.3 is 0 Å². The van der Waals surface area contributed by atoms with Gasteiger partial charge in [0.2, 0.25) is 0 Å². The maximum absolute atomic E-state index is 13.3. The SMILES string of the molecule is CCC1(c2cccc(C)c2)C2=C(Cc3ncsc31)CC(C)(C)CC2=O. The van der Waals surface area contributed by atoms with Crippen LogP contribution in [0.5, 0.6) is 0 Å². The summed E-state index contributed by atoms with van der Waals surface area (Å²) in [4.78, 5) is 19.3. The summed E-state index contributed by atoms with van der Waals surface area (Å²) in [5, 5.41) is 0. The van der Waals surface area contributed by atoms with Crippen LogP contribution in [0.4, 0.5) is 0 Å². The fraction of sp³-hybridized carbons (Fsp3) is 0.455. The molecule has 0 fully saturated rings. The Balaban J connectivity index is 2.04. The molecule has 1 atom stereocenters. The highest BCUT2D eigenvalue weighted by atomic mass is 32.1. The largest absolute Gasteiger partial charge is 0.294 e. The van der Waals surface area contributed by atoms with Crippen LogP contribution in [0.2, 0.25) is 0 Å². The molecule has 2 aliphatic carbocycles. The Bertz CT molecular complexity index is 889. The van der Waals surface area contributed by atoms with Gasteiger partial charge in [-0.15, -0.1) is 11.3 Å². The molecule has 2 aliphatic rings. The lowest BCUT2D eigenvalue weighted by Gasteiger charge is -2.44. The van der Waals surface area contributed by atoms with Crippen molar-refractivity contribution >= 4 is 17.1 Å². The highest BCUT2D eigenvalue weighted by Gasteiger charge is 2.49. The maximum Gasteiger partial charge on any atom is 0.160 e. The van der Waals surface area contributed by atoms with Crippen molar-refractivity contribution in [3.8, 4) is 0 Å². The molecule has 1 heterocycles. The van der Waals surface area contributed by atoms with Gasteiger partial charge in [0, 0.05) is 23.3 Å². The summed E-state index contributed by atoms with van der Waals surface area (Å²) in [7, 11) is 0. The van der Waals surface area contributed by atoms with E-state index < -0.39 is 0 Å². The first-order valence-corrected chi connectivity index (χ1v) is 10.0. The van der Waals surface area contributed by atoms with Crippen molar-refractivity contribution in [3.05, 3.63) is 62.6 Å². The normalized spacial score (nSPS) is 24.9. The number of thiazole rings is 1. The number of ketones is 1. The highest BCUT2D eigenvalue weighted by molar-refractivity contribution is 7.10. The van der Waals surface area contributed by atoms with Crippen LogP contribution in [0.1, 0.15) is 61.7 Å². The summed E-state index contributed by atoms with van der Waals surface area (Å²) in [6.07, 6.45) is 3.39. The van der Waals surface area contributed by atoms with E-state index in [0.717, 1.165) is 24.8 Å². The van der Waals surface area contributed by atoms with Crippen LogP contribution >= 0.6 is 11.3 Å². The number of aromatic nitrogens is 1. The Morgan fingerprint density at radius 2 is 2.04 bits per heavy atom. The fourth-order valence-electron chi connectivity index (χ4n) is 4.92. The van der Waals surface area contributed by atoms with E-state index in [1.54, 1.807) is 11.3 Å². The Labute approximate surface area is 154 Å². The lowest BCUT2D eigenvalue weighted by molar-refractivity contribution is -0.118. The second-order valence-corrected chi connectivity index (χ2v) is 9.21. The molecule has 130 valence electrons. The molecule has 0 spiro atoms. The smallest absolute Gasteiger partial charge is 0.160 e. The lowest BCUT2D eigenvalue weighted by Crippen LogP contribution is -2.42. The van der Waals surface area contributed by atoms with Gasteiger partial charge in [0.1, 0.15) is 0 Å². The molecular formula is C22H25NOS. The van der Waals surface area contributed by atoms with Crippen LogP contribution in [-0.4, -0.2) is 10.8 Å². The number of rotatable bonds is 2. The zero-order valence-corrected chi connectivity index (χ0v) is 16.3. The maximum atomic E-state index is 13.3. The number of Topliss-reactive ketones (excluding diaryl/α,β-unsaturated/α-hetero) is 1. The van der Waals surface area contributed by atoms with Crippen molar-refractivity contribution in [2.24, 2.45) is 5.41 Å². The molecule has 0 radical (unpaired) electrons. The number of hydrogen-bond donors (Lipinski definition) is 0. The number of carbonyl (C=O) groups is 1. The van der Waals surface area contributed by atoms with Crippen molar-refractivity contribution in [1.29, 1.82) is 0 Å². The van der Waals surface area contributed by atoms with E-state index in [1.165, 1.54) is 27.3 Å². The third kappa shape index (κ3) is 2.43. The average Bonchev–Trinajstić information content (AvgIpc) is 3.00. The Morgan fingerprint density at radius 3 is 2.76 bits per heavy atom. The van der Waals surface area contributed by atoms with Crippen LogP contribution in [0.25, 0.3) is 0 Å². The second kappa shape index (κ2) is 5.63. The molecule has 1 aromatic carbocycles. The van der Waals surface area contributed by atoms with Crippen LogP contribution in [0.15, 0.2) is 40.9 Å². The van der Waals surface area contributed by atoms with Gasteiger partial charge in [0.05, 0.1) is 16.6 Å². The van der Waals surface area contributed by atoms with Crippen LogP contribution in [0.3, 0.4) is 0 Å². The number of fused-ring (bicyclic) bond motifs is 1. The summed E-state index contributed by atoms with van der Waals surface area (Å²) in [6, 6.07) is 8.71. The van der Waals surface area contributed by atoms with E-state index in [4.69, 9.17) is 0 Å². The molecule has 2 aromatic rings. The fourth-order valence-corrected chi connectivity index (χ4v) is 6.04. The van der Waals surface area contributed by atoms with Crippen LogP contribution in [0, 0.1) is 12.3 Å². The van der Waals surface area contributed by atoms with Crippen molar-refractivity contribution in [2.75, 3.05) is 0 Å². The third-order valence-corrected chi connectivity index (χ3v) is 6.87. The Morgan fingerprint density at radius 1 is 1.24 bits per heavy atom. The van der Waals surface area contributed by atoms with Crippen LogP contribution in [-0.2, 0) is 16.6 Å². The summed E-state index contributed by atoms with van der Waals surface area (Å²) >= 11 is 1.72. The minimum absolute atomic E-state index is 0.0511. The Hall–Kier alpha value is -1.74. The molecule has 1 aromatic heterocycles. The van der Waals surface area contributed by atoms with E-state index in [-0.39, 0.29) is 10.8 Å². The molecule has 0 aliphatic heterocycles. The Kier molecular flexibility index (Phi) is 3.77. The zero-order valence-electron chi connectivity index (χ0n) is 15.5. The first-order chi connectivity index (χ1) is 11.9. The number of hydrogen-bond acceptors (Lipinski definition) is 3. The molecule has 3 heteroatoms. The van der Waals surface area contributed by atoms with Crippen molar-refractivity contribution < 1.29 is 4.79 Å². The zero-order chi connectivity index (χ0) is 17.8. The van der Waals surface area contributed by atoms with Gasteiger partial charge in [0.15, 0.2) is 5.78 Å². The van der Waals surface area contributed by atoms with Gasteiger partial charge in [-0.2, -0.15) is 0 Å². The third-order valence-electron chi connectivity index (χ3n) is 5.84. The molecule has 25 heavy (non-hydrogen) atoms. The monoisotopic (exact) mass is 351 g/mol. The number of benzene rings is 1. The summed E-state index contributed by atoms with van der Waals surface area (Å²) in [5.74, 6) is 0.341. The number of nitrogens with zero attached hydrogens (tertiary/aromatic N) is 1. The van der Waals surface area contributed by atoms with E-state index in [0.29, 0.717) is 12.2 Å². The van der Waals surface area contributed by atoms with E-state index >= 15 is 0 Å². The highest BCUT2D eigenvalue weighted by Crippen LogP contribution is 2.54. The van der Waals surface area contributed by atoms with E-state index in [9.17, 15) is 4.79 Å². The molecule has 0 saturated heterocycles. The van der Waals surface area contributed by atoms with Gasteiger partial charge < -0.3 is 0 Å². The minimum atomic E-state index is -0.316. The molecule has 0 N–H and O–H groups in total. The van der Waals surface area contributed by atoms with Gasteiger partial charge in [-0.3, -0.25) is 4.79 Å². The van der Waals surface area contributed by atoms with E-state index in [1.807, 2.05) is 5.51 Å². The summed E-state index contributed by atoms with van der Waals surface area (Å²) in [5.41, 5.74) is 7.77. The number of allylic oxidation sites excluding steroid dienone is 2. The molecule has 4 rings (SSSR count). The summed E-state index contributed by atoms with van der Waals surface area (Å²) < 4.78 is 0. The first-order valence-electron chi connectivity index (χ1n) is 9.13. The predicted octanol–water partition coefficient (Wildman–Crippen LogP) is 5.39. The average molecular weight is 352 g/mol. The standard InChI is InChI=1S/C22H25NOS/c1-5-22(16-8-6-7-14(2)9-16)19-15(10-17-20(22)25-13-23-17)11-21(3,4)12-18(19)24/h6-9,13H,5,10-12H2,1-4H3. The quantitative estimate of drug-likeness (QED) is 0.726. The van der Waals surface area contributed by atoms with Gasteiger partial charge in [-0.25, -0.2) is 4.98 Å². The van der Waals surface area contributed by atoms with Gasteiger partial charge in [-0.05, 0) is 30.7 Å². The number of carbonyl (C=O) groups excluding carboxylic acids is 1. The first kappa shape index (κ1) is 16.7. The summed E-state index contributed by atoms with van der Waals surface area (Å²) in [6.45, 7) is 8.77. The molecule has 0 bridgehead atoms. The number of aryl methyl sites for hydroxylation is 1. The van der Waals surface area contributed by atoms with Gasteiger partial charge in [0.25, 0.3) is 0 Å². The predicted molar refractivity (Wildman–Crippen MR) is 103 cm³/mol. The molecular weight excluding hydrogens is 326 g/mol.